The summed E-state index contributed by atoms with van der Waals surface area (Å²) < 4.78 is 37.4. The van der Waals surface area contributed by atoms with Gasteiger partial charge < -0.3 is 12.9 Å². The first-order valence-electron chi connectivity index (χ1n) is 4.83. The van der Waals surface area contributed by atoms with Crippen LogP contribution in [0.25, 0.3) is 11.1 Å². The molecular weight excluding hydrogens is 255 g/mol. The number of hydrogen-bond acceptors (Lipinski definition) is 1. The minimum Gasteiger partial charge on any atom is -0.448 e. The third-order valence-corrected chi connectivity index (χ3v) is 2.13. The van der Waals surface area contributed by atoms with Gasteiger partial charge in [-0.15, -0.1) is 0 Å². The van der Waals surface area contributed by atoms with Crippen molar-refractivity contribution in [2.24, 2.45) is 0 Å². The van der Waals surface area contributed by atoms with Crippen LogP contribution >= 0.6 is 0 Å². The SMILES string of the molecule is F[B-](F)(F)Cn1cc(-c2ccccc2)cn1.[K+]. The van der Waals surface area contributed by atoms with Crippen LogP contribution in [0.4, 0.5) is 12.9 Å². The Hall–Kier alpha value is -0.0787. The second kappa shape index (κ2) is 6.19. The van der Waals surface area contributed by atoms with Crippen LogP contribution in [-0.4, -0.2) is 16.8 Å². The van der Waals surface area contributed by atoms with Crippen LogP contribution in [0.3, 0.4) is 0 Å². The van der Waals surface area contributed by atoms with Crippen molar-refractivity contribution in [3.8, 4) is 11.1 Å². The zero-order valence-electron chi connectivity index (χ0n) is 9.35. The summed E-state index contributed by atoms with van der Waals surface area (Å²) in [5, 5.41) is 3.69. The maximum atomic E-state index is 12.2. The van der Waals surface area contributed by atoms with E-state index in [-0.39, 0.29) is 51.4 Å². The summed E-state index contributed by atoms with van der Waals surface area (Å²) in [5.41, 5.74) is 1.56. The first kappa shape index (κ1) is 15.0. The maximum absolute atomic E-state index is 12.2. The minimum absolute atomic E-state index is 0. The summed E-state index contributed by atoms with van der Waals surface area (Å²) in [4.78, 5) is 0. The van der Waals surface area contributed by atoms with E-state index in [0.717, 1.165) is 10.2 Å². The third kappa shape index (κ3) is 4.59. The van der Waals surface area contributed by atoms with Crippen LogP contribution in [-0.2, 0) is 6.44 Å². The fourth-order valence-electron chi connectivity index (χ4n) is 1.46. The van der Waals surface area contributed by atoms with Crippen LogP contribution in [0.15, 0.2) is 42.7 Å². The summed E-state index contributed by atoms with van der Waals surface area (Å²) in [7, 11) is 0. The first-order valence-corrected chi connectivity index (χ1v) is 4.83. The summed E-state index contributed by atoms with van der Waals surface area (Å²) in [5.74, 6) is 0. The van der Waals surface area contributed by atoms with Crippen molar-refractivity contribution >= 4 is 6.98 Å². The normalized spacial score (nSPS) is 11.0. The molecule has 1 aromatic heterocycles. The molecule has 0 unspecified atom stereocenters. The summed E-state index contributed by atoms with van der Waals surface area (Å²) >= 11 is 0. The largest absolute Gasteiger partial charge is 1.00 e. The van der Waals surface area contributed by atoms with Crippen molar-refractivity contribution in [2.45, 2.75) is 6.44 Å². The molecule has 1 heterocycles. The molecule has 0 spiro atoms. The Bertz CT molecular complexity index is 470. The van der Waals surface area contributed by atoms with E-state index in [9.17, 15) is 12.9 Å². The van der Waals surface area contributed by atoms with Crippen molar-refractivity contribution in [1.82, 2.24) is 9.78 Å². The summed E-state index contributed by atoms with van der Waals surface area (Å²) in [6, 6.07) is 9.19. The Balaban J connectivity index is 0.00000144. The third-order valence-electron chi connectivity index (χ3n) is 2.13. The average Bonchev–Trinajstić information content (AvgIpc) is 2.65. The number of aromatic nitrogens is 2. The van der Waals surface area contributed by atoms with Gasteiger partial charge in [-0.1, -0.05) is 30.3 Å². The molecule has 1 aromatic carbocycles. The van der Waals surface area contributed by atoms with E-state index < -0.39 is 13.4 Å². The van der Waals surface area contributed by atoms with E-state index in [1.165, 1.54) is 12.4 Å². The van der Waals surface area contributed by atoms with Crippen molar-refractivity contribution in [3.05, 3.63) is 42.7 Å². The van der Waals surface area contributed by atoms with Crippen molar-refractivity contribution in [3.63, 3.8) is 0 Å². The zero-order valence-corrected chi connectivity index (χ0v) is 12.5. The van der Waals surface area contributed by atoms with Gasteiger partial charge >= 0.3 is 58.4 Å². The Kier molecular flexibility index (Phi) is 5.46. The topological polar surface area (TPSA) is 17.8 Å². The number of benzene rings is 1. The standard InChI is InChI=1S/C10H9BF3N2.K/c12-11(13,14)8-16-7-10(6-15-16)9-4-2-1-3-5-9;/h1-7H,8H2;/q-1;+1. The van der Waals surface area contributed by atoms with Gasteiger partial charge in [0.25, 0.3) is 0 Å². The molecule has 0 radical (unpaired) electrons. The van der Waals surface area contributed by atoms with E-state index >= 15 is 0 Å². The number of halogens is 3. The number of nitrogens with zero attached hydrogens (tertiary/aromatic N) is 2. The molecular formula is C10H9BF3KN2. The summed E-state index contributed by atoms with van der Waals surface area (Å²) in [6.45, 7) is -4.84. The Morgan fingerprint density at radius 1 is 1.06 bits per heavy atom. The number of rotatable bonds is 3. The van der Waals surface area contributed by atoms with E-state index in [1.54, 1.807) is 0 Å². The molecule has 2 nitrogen and oxygen atoms in total. The molecule has 7 heteroatoms. The van der Waals surface area contributed by atoms with Crippen LogP contribution in [0, 0.1) is 0 Å². The predicted molar refractivity (Wildman–Crippen MR) is 56.7 cm³/mol. The second-order valence-electron chi connectivity index (χ2n) is 3.53. The van der Waals surface area contributed by atoms with Gasteiger partial charge in [0.05, 0.1) is 6.20 Å². The molecule has 0 N–H and O–H groups in total. The van der Waals surface area contributed by atoms with Gasteiger partial charge in [-0.05, 0) is 5.56 Å². The fourth-order valence-corrected chi connectivity index (χ4v) is 1.46. The molecule has 84 valence electrons. The van der Waals surface area contributed by atoms with E-state index in [2.05, 4.69) is 5.10 Å². The average molecular weight is 264 g/mol. The van der Waals surface area contributed by atoms with Crippen LogP contribution < -0.4 is 51.4 Å². The number of hydrogen-bond donors (Lipinski definition) is 0. The van der Waals surface area contributed by atoms with Crippen molar-refractivity contribution < 1.29 is 64.3 Å². The molecule has 2 rings (SSSR count). The molecule has 0 saturated heterocycles. The maximum Gasteiger partial charge on any atom is 1.00 e. The molecule has 0 aliphatic rings. The van der Waals surface area contributed by atoms with Crippen LogP contribution in [0.5, 0.6) is 0 Å². The van der Waals surface area contributed by atoms with Gasteiger partial charge in [0.1, 0.15) is 0 Å². The van der Waals surface area contributed by atoms with Gasteiger partial charge in [0.2, 0.25) is 0 Å². The molecule has 0 atom stereocenters. The Labute approximate surface area is 140 Å². The van der Waals surface area contributed by atoms with E-state index in [1.807, 2.05) is 30.3 Å². The van der Waals surface area contributed by atoms with Gasteiger partial charge in [-0.3, -0.25) is 4.68 Å². The van der Waals surface area contributed by atoms with E-state index in [4.69, 9.17) is 0 Å². The van der Waals surface area contributed by atoms with Gasteiger partial charge in [-0.2, -0.15) is 5.10 Å². The molecule has 0 fully saturated rings. The smallest absolute Gasteiger partial charge is 0.448 e. The minimum atomic E-state index is -4.84. The van der Waals surface area contributed by atoms with Crippen molar-refractivity contribution in [1.29, 1.82) is 0 Å². The quantitative estimate of drug-likeness (QED) is 0.710. The fraction of sp³-hybridized carbons (Fsp3) is 0.100. The van der Waals surface area contributed by atoms with Gasteiger partial charge in [-0.25, -0.2) is 0 Å². The molecule has 0 aliphatic heterocycles. The molecule has 2 aromatic rings. The molecule has 0 saturated carbocycles. The first-order chi connectivity index (χ1) is 7.54. The van der Waals surface area contributed by atoms with Gasteiger partial charge in [0, 0.05) is 18.2 Å². The molecule has 0 amide bonds. The van der Waals surface area contributed by atoms with E-state index in [0.29, 0.717) is 5.56 Å². The van der Waals surface area contributed by atoms with Crippen molar-refractivity contribution in [2.75, 3.05) is 0 Å². The molecule has 17 heavy (non-hydrogen) atoms. The summed E-state index contributed by atoms with van der Waals surface area (Å²) in [6.07, 6.45) is 1.86. The van der Waals surface area contributed by atoms with Crippen LogP contribution in [0.1, 0.15) is 0 Å². The van der Waals surface area contributed by atoms with Gasteiger partial charge in [0.15, 0.2) is 0 Å². The Morgan fingerprint density at radius 2 is 1.71 bits per heavy atom. The molecule has 0 aliphatic carbocycles. The zero-order chi connectivity index (χ0) is 11.6. The Morgan fingerprint density at radius 3 is 2.29 bits per heavy atom. The monoisotopic (exact) mass is 264 g/mol. The van der Waals surface area contributed by atoms with Crippen LogP contribution in [0.2, 0.25) is 0 Å². The molecule has 0 bridgehead atoms. The second-order valence-corrected chi connectivity index (χ2v) is 3.53. The predicted octanol–water partition coefficient (Wildman–Crippen LogP) is -0.0593.